The van der Waals surface area contributed by atoms with Gasteiger partial charge in [-0.05, 0) is 46.5 Å². The first-order chi connectivity index (χ1) is 8.13. The fraction of sp³-hybridized carbons (Fsp3) is 0.667. The average Bonchev–Trinajstić information content (AvgIpc) is 2.27. The molecule has 0 radical (unpaired) electrons. The van der Waals surface area contributed by atoms with Crippen molar-refractivity contribution in [3.05, 3.63) is 23.5 Å². The topological polar surface area (TPSA) is 26.3 Å². The maximum Gasteiger partial charge on any atom is 0.162 e. The Morgan fingerprint density at radius 2 is 2.29 bits per heavy atom. The molecule has 0 heterocycles. The Kier molecular flexibility index (Phi) is 6.03. The van der Waals surface area contributed by atoms with E-state index >= 15 is 0 Å². The van der Waals surface area contributed by atoms with Crippen molar-refractivity contribution in [2.75, 3.05) is 6.61 Å². The van der Waals surface area contributed by atoms with E-state index in [1.807, 2.05) is 6.92 Å². The highest BCUT2D eigenvalue weighted by Crippen LogP contribution is 2.25. The number of hydrogen-bond acceptors (Lipinski definition) is 2. The highest BCUT2D eigenvalue weighted by molar-refractivity contribution is 5.92. The van der Waals surface area contributed by atoms with Gasteiger partial charge in [-0.3, -0.25) is 4.79 Å². The Morgan fingerprint density at radius 1 is 1.53 bits per heavy atom. The molecule has 1 rings (SSSR count). The van der Waals surface area contributed by atoms with Crippen molar-refractivity contribution >= 4 is 5.78 Å². The number of hydrogen-bond donors (Lipinski definition) is 0. The van der Waals surface area contributed by atoms with E-state index in [1.54, 1.807) is 6.08 Å². The van der Waals surface area contributed by atoms with Crippen LogP contribution in [0.2, 0.25) is 0 Å². The molecule has 0 spiro atoms. The van der Waals surface area contributed by atoms with Crippen LogP contribution in [0, 0.1) is 5.92 Å². The van der Waals surface area contributed by atoms with Crippen molar-refractivity contribution in [2.45, 2.75) is 52.9 Å². The summed E-state index contributed by atoms with van der Waals surface area (Å²) in [5, 5.41) is 0. The predicted octanol–water partition coefficient (Wildman–Crippen LogP) is 4.02. The van der Waals surface area contributed by atoms with Crippen LogP contribution in [0.15, 0.2) is 23.5 Å². The summed E-state index contributed by atoms with van der Waals surface area (Å²) in [6.45, 7) is 6.84. The van der Waals surface area contributed by atoms with Gasteiger partial charge in [-0.15, -0.1) is 0 Å². The lowest BCUT2D eigenvalue weighted by atomic mass is 9.88. The minimum absolute atomic E-state index is 0.227. The SMILES string of the molecule is CCOC1=CC(=O)C(CCCC=C(C)C)CC1. The van der Waals surface area contributed by atoms with Crippen molar-refractivity contribution in [3.63, 3.8) is 0 Å². The zero-order valence-corrected chi connectivity index (χ0v) is 11.3. The highest BCUT2D eigenvalue weighted by atomic mass is 16.5. The van der Waals surface area contributed by atoms with Crippen LogP contribution in [0.4, 0.5) is 0 Å². The Labute approximate surface area is 105 Å². The molecule has 0 N–H and O–H groups in total. The second-order valence-corrected chi connectivity index (χ2v) is 4.89. The van der Waals surface area contributed by atoms with Crippen LogP contribution in [0.3, 0.4) is 0 Å². The van der Waals surface area contributed by atoms with Crippen LogP contribution < -0.4 is 0 Å². The molecule has 1 atom stereocenters. The summed E-state index contributed by atoms with van der Waals surface area (Å²) in [5.74, 6) is 1.36. The van der Waals surface area contributed by atoms with Gasteiger partial charge in [0.25, 0.3) is 0 Å². The molecule has 0 aliphatic heterocycles. The maximum atomic E-state index is 11.8. The third-order valence-electron chi connectivity index (χ3n) is 3.08. The fourth-order valence-electron chi connectivity index (χ4n) is 2.15. The van der Waals surface area contributed by atoms with Crippen molar-refractivity contribution in [1.82, 2.24) is 0 Å². The lowest BCUT2D eigenvalue weighted by Gasteiger charge is -2.20. The molecule has 0 aromatic rings. The molecule has 0 aromatic heterocycles. The van der Waals surface area contributed by atoms with Crippen molar-refractivity contribution in [3.8, 4) is 0 Å². The number of ether oxygens (including phenoxy) is 1. The second-order valence-electron chi connectivity index (χ2n) is 4.89. The van der Waals surface area contributed by atoms with Gasteiger partial charge in [-0.25, -0.2) is 0 Å². The van der Waals surface area contributed by atoms with Crippen molar-refractivity contribution < 1.29 is 9.53 Å². The Morgan fingerprint density at radius 3 is 2.88 bits per heavy atom. The van der Waals surface area contributed by atoms with Crippen LogP contribution in [0.25, 0.3) is 0 Å². The number of unbranched alkanes of at least 4 members (excludes halogenated alkanes) is 1. The summed E-state index contributed by atoms with van der Waals surface area (Å²) < 4.78 is 5.39. The van der Waals surface area contributed by atoms with Gasteiger partial charge in [0.2, 0.25) is 0 Å². The normalized spacial score (nSPS) is 19.8. The number of rotatable bonds is 6. The maximum absolute atomic E-state index is 11.8. The molecule has 0 saturated heterocycles. The Balaban J connectivity index is 2.33. The molecule has 1 unspecified atom stereocenters. The molecule has 1 aliphatic rings. The van der Waals surface area contributed by atoms with Gasteiger partial charge in [0.15, 0.2) is 5.78 Å². The fourth-order valence-corrected chi connectivity index (χ4v) is 2.15. The quantitative estimate of drug-likeness (QED) is 0.514. The summed E-state index contributed by atoms with van der Waals surface area (Å²) >= 11 is 0. The third-order valence-corrected chi connectivity index (χ3v) is 3.08. The lowest BCUT2D eigenvalue weighted by molar-refractivity contribution is -0.119. The minimum Gasteiger partial charge on any atom is -0.498 e. The molecule has 2 nitrogen and oxygen atoms in total. The van der Waals surface area contributed by atoms with Crippen molar-refractivity contribution in [2.24, 2.45) is 5.92 Å². The molecule has 0 fully saturated rings. The lowest BCUT2D eigenvalue weighted by Crippen LogP contribution is -2.18. The Hall–Kier alpha value is -1.05. The number of carbonyl (C=O) groups is 1. The van der Waals surface area contributed by atoms with E-state index in [4.69, 9.17) is 4.74 Å². The first kappa shape index (κ1) is 14.0. The molecule has 0 aromatic carbocycles. The summed E-state index contributed by atoms with van der Waals surface area (Å²) in [6, 6.07) is 0. The highest BCUT2D eigenvalue weighted by Gasteiger charge is 2.22. The van der Waals surface area contributed by atoms with E-state index in [-0.39, 0.29) is 11.7 Å². The zero-order valence-electron chi connectivity index (χ0n) is 11.3. The van der Waals surface area contributed by atoms with Gasteiger partial charge in [-0.1, -0.05) is 11.6 Å². The standard InChI is InChI=1S/C15H24O2/c1-4-17-14-10-9-13(15(16)11-14)8-6-5-7-12(2)3/h7,11,13H,4-6,8-10H2,1-3H3. The number of ketones is 1. The smallest absolute Gasteiger partial charge is 0.162 e. The molecule has 96 valence electrons. The summed E-state index contributed by atoms with van der Waals surface area (Å²) in [4.78, 5) is 11.8. The molecule has 0 bridgehead atoms. The van der Waals surface area contributed by atoms with Gasteiger partial charge in [0.1, 0.15) is 0 Å². The van der Waals surface area contributed by atoms with Gasteiger partial charge in [-0.2, -0.15) is 0 Å². The molecular weight excluding hydrogens is 212 g/mol. The van der Waals surface area contributed by atoms with Crippen LogP contribution in [0.1, 0.15) is 52.9 Å². The summed E-state index contributed by atoms with van der Waals surface area (Å²) in [5.41, 5.74) is 1.36. The monoisotopic (exact) mass is 236 g/mol. The van der Waals surface area contributed by atoms with Crippen LogP contribution in [-0.4, -0.2) is 12.4 Å². The van der Waals surface area contributed by atoms with Crippen LogP contribution in [-0.2, 0) is 9.53 Å². The van der Waals surface area contributed by atoms with E-state index in [0.29, 0.717) is 6.61 Å². The molecule has 0 saturated carbocycles. The first-order valence-electron chi connectivity index (χ1n) is 6.64. The average molecular weight is 236 g/mol. The molecule has 17 heavy (non-hydrogen) atoms. The molecule has 1 aliphatic carbocycles. The van der Waals surface area contributed by atoms with E-state index < -0.39 is 0 Å². The van der Waals surface area contributed by atoms with E-state index in [9.17, 15) is 4.79 Å². The summed E-state index contributed by atoms with van der Waals surface area (Å²) in [7, 11) is 0. The predicted molar refractivity (Wildman–Crippen MR) is 70.7 cm³/mol. The zero-order chi connectivity index (χ0) is 12.7. The number of carbonyl (C=O) groups excluding carboxylic acids is 1. The van der Waals surface area contributed by atoms with E-state index in [2.05, 4.69) is 19.9 Å². The molecule has 2 heteroatoms. The van der Waals surface area contributed by atoms with Gasteiger partial charge in [0, 0.05) is 18.4 Å². The molecular formula is C15H24O2. The molecule has 0 amide bonds. The van der Waals surface area contributed by atoms with E-state index in [0.717, 1.165) is 37.9 Å². The minimum atomic E-state index is 0.227. The van der Waals surface area contributed by atoms with Gasteiger partial charge in [0.05, 0.1) is 12.4 Å². The first-order valence-corrected chi connectivity index (χ1v) is 6.64. The largest absolute Gasteiger partial charge is 0.498 e. The number of allylic oxidation sites excluding steroid dienone is 4. The van der Waals surface area contributed by atoms with Crippen LogP contribution in [0.5, 0.6) is 0 Å². The van der Waals surface area contributed by atoms with Crippen LogP contribution >= 0.6 is 0 Å². The van der Waals surface area contributed by atoms with E-state index in [1.165, 1.54) is 5.57 Å². The summed E-state index contributed by atoms with van der Waals surface area (Å²) in [6.07, 6.45) is 9.05. The Bertz CT molecular complexity index is 309. The van der Waals surface area contributed by atoms with Crippen molar-refractivity contribution in [1.29, 1.82) is 0 Å². The second kappa shape index (κ2) is 7.31. The van der Waals surface area contributed by atoms with Gasteiger partial charge >= 0.3 is 0 Å². The third kappa shape index (κ3) is 5.20. The van der Waals surface area contributed by atoms with Gasteiger partial charge < -0.3 is 4.74 Å².